The molecule has 1 aromatic carbocycles. The van der Waals surface area contributed by atoms with Gasteiger partial charge >= 0.3 is 0 Å². The summed E-state index contributed by atoms with van der Waals surface area (Å²) >= 11 is 0. The second-order valence-corrected chi connectivity index (χ2v) is 7.07. The Balaban J connectivity index is 1.71. The number of hydrogen-bond donors (Lipinski definition) is 1. The second-order valence-electron chi connectivity index (χ2n) is 7.07. The Morgan fingerprint density at radius 1 is 1.21 bits per heavy atom. The van der Waals surface area contributed by atoms with E-state index in [1.807, 2.05) is 36.9 Å². The molecule has 130 valence electrons. The van der Waals surface area contributed by atoms with E-state index in [1.165, 1.54) is 18.4 Å². The SMILES string of the molecule is CCC(CC)C(=O)Nc1ccc2c(c1)CCN2C(=O)C1CCCC1. The van der Waals surface area contributed by atoms with Gasteiger partial charge in [0.1, 0.15) is 0 Å². The van der Waals surface area contributed by atoms with E-state index in [2.05, 4.69) is 5.32 Å². The lowest BCUT2D eigenvalue weighted by atomic mass is 10.0. The van der Waals surface area contributed by atoms with Crippen molar-refractivity contribution in [3.8, 4) is 0 Å². The molecule has 0 aromatic heterocycles. The fraction of sp³-hybridized carbons (Fsp3) is 0.600. The number of carbonyl (C=O) groups is 2. The topological polar surface area (TPSA) is 49.4 Å². The predicted octanol–water partition coefficient (Wildman–Crippen LogP) is 4.14. The molecule has 1 aliphatic carbocycles. The van der Waals surface area contributed by atoms with Gasteiger partial charge in [0.2, 0.25) is 11.8 Å². The molecule has 1 aromatic rings. The van der Waals surface area contributed by atoms with Gasteiger partial charge in [0.05, 0.1) is 0 Å². The number of fused-ring (bicyclic) bond motifs is 1. The molecule has 0 saturated heterocycles. The van der Waals surface area contributed by atoms with Gasteiger partial charge in [-0.1, -0.05) is 26.7 Å². The van der Waals surface area contributed by atoms with Gasteiger partial charge in [-0.05, 0) is 55.9 Å². The van der Waals surface area contributed by atoms with Crippen molar-refractivity contribution in [2.45, 2.75) is 58.8 Å². The molecule has 2 amide bonds. The highest BCUT2D eigenvalue weighted by Crippen LogP contribution is 2.35. The van der Waals surface area contributed by atoms with E-state index in [4.69, 9.17) is 0 Å². The third-order valence-electron chi connectivity index (χ3n) is 5.57. The van der Waals surface area contributed by atoms with Crippen LogP contribution in [0, 0.1) is 11.8 Å². The Morgan fingerprint density at radius 2 is 1.92 bits per heavy atom. The van der Waals surface area contributed by atoms with E-state index < -0.39 is 0 Å². The highest BCUT2D eigenvalue weighted by Gasteiger charge is 2.31. The van der Waals surface area contributed by atoms with E-state index in [0.29, 0.717) is 5.91 Å². The van der Waals surface area contributed by atoms with Crippen LogP contribution in [0.5, 0.6) is 0 Å². The number of nitrogens with one attached hydrogen (secondary N) is 1. The molecule has 24 heavy (non-hydrogen) atoms. The summed E-state index contributed by atoms with van der Waals surface area (Å²) in [5, 5.41) is 3.03. The fourth-order valence-electron chi connectivity index (χ4n) is 4.01. The van der Waals surface area contributed by atoms with Crippen molar-refractivity contribution in [3.05, 3.63) is 23.8 Å². The van der Waals surface area contributed by atoms with Crippen LogP contribution in [0.25, 0.3) is 0 Å². The van der Waals surface area contributed by atoms with Crippen LogP contribution in [0.1, 0.15) is 57.9 Å². The summed E-state index contributed by atoms with van der Waals surface area (Å²) in [6.07, 6.45) is 7.02. The molecule has 3 rings (SSSR count). The van der Waals surface area contributed by atoms with Crippen LogP contribution >= 0.6 is 0 Å². The Labute approximate surface area is 144 Å². The van der Waals surface area contributed by atoms with Crippen LogP contribution in [0.15, 0.2) is 18.2 Å². The van der Waals surface area contributed by atoms with Crippen LogP contribution < -0.4 is 10.2 Å². The number of rotatable bonds is 5. The molecule has 0 unspecified atom stereocenters. The van der Waals surface area contributed by atoms with Gasteiger partial charge < -0.3 is 10.2 Å². The number of benzene rings is 1. The van der Waals surface area contributed by atoms with E-state index >= 15 is 0 Å². The van der Waals surface area contributed by atoms with Crippen molar-refractivity contribution in [2.24, 2.45) is 11.8 Å². The fourth-order valence-corrected chi connectivity index (χ4v) is 4.01. The second kappa shape index (κ2) is 7.37. The van der Waals surface area contributed by atoms with Crippen molar-refractivity contribution in [1.82, 2.24) is 0 Å². The molecule has 4 nitrogen and oxygen atoms in total. The number of anilines is 2. The summed E-state index contributed by atoms with van der Waals surface area (Å²) in [5.41, 5.74) is 3.05. The van der Waals surface area contributed by atoms with Crippen molar-refractivity contribution in [2.75, 3.05) is 16.8 Å². The predicted molar refractivity (Wildman–Crippen MR) is 97.2 cm³/mol. The zero-order valence-electron chi connectivity index (χ0n) is 14.8. The molecule has 1 saturated carbocycles. The highest BCUT2D eigenvalue weighted by atomic mass is 16.2. The standard InChI is InChI=1S/C20H28N2O2/c1-3-14(4-2)19(23)21-17-9-10-18-16(13-17)11-12-22(18)20(24)15-7-5-6-8-15/h9-10,13-15H,3-8,11-12H2,1-2H3,(H,21,23). The zero-order valence-corrected chi connectivity index (χ0v) is 14.8. The minimum absolute atomic E-state index is 0.0682. The average molecular weight is 328 g/mol. The molecule has 0 radical (unpaired) electrons. The van der Waals surface area contributed by atoms with Crippen LogP contribution in [-0.2, 0) is 16.0 Å². The monoisotopic (exact) mass is 328 g/mol. The number of amides is 2. The Bertz CT molecular complexity index is 616. The summed E-state index contributed by atoms with van der Waals surface area (Å²) in [4.78, 5) is 26.9. The molecule has 2 aliphatic rings. The molecule has 1 fully saturated rings. The van der Waals surface area contributed by atoms with E-state index in [1.54, 1.807) is 0 Å². The summed E-state index contributed by atoms with van der Waals surface area (Å²) in [6.45, 7) is 4.86. The maximum absolute atomic E-state index is 12.7. The number of hydrogen-bond acceptors (Lipinski definition) is 2. The van der Waals surface area contributed by atoms with Crippen LogP contribution in [0.3, 0.4) is 0 Å². The molecule has 1 heterocycles. The molecule has 1 N–H and O–H groups in total. The van der Waals surface area contributed by atoms with Gasteiger partial charge in [-0.2, -0.15) is 0 Å². The lowest BCUT2D eigenvalue weighted by Crippen LogP contribution is -2.33. The molecule has 4 heteroatoms. The van der Waals surface area contributed by atoms with Gasteiger partial charge in [0.25, 0.3) is 0 Å². The van der Waals surface area contributed by atoms with Crippen LogP contribution in [-0.4, -0.2) is 18.4 Å². The van der Waals surface area contributed by atoms with Gasteiger partial charge in [-0.3, -0.25) is 9.59 Å². The van der Waals surface area contributed by atoms with Crippen molar-refractivity contribution >= 4 is 23.2 Å². The lowest BCUT2D eigenvalue weighted by Gasteiger charge is -2.21. The third kappa shape index (κ3) is 3.33. The maximum atomic E-state index is 12.7. The minimum atomic E-state index is 0.0682. The summed E-state index contributed by atoms with van der Waals surface area (Å²) < 4.78 is 0. The maximum Gasteiger partial charge on any atom is 0.230 e. The third-order valence-corrected chi connectivity index (χ3v) is 5.57. The summed E-state index contributed by atoms with van der Waals surface area (Å²) in [5.74, 6) is 0.667. The molecule has 1 aliphatic heterocycles. The Morgan fingerprint density at radius 3 is 2.58 bits per heavy atom. The van der Waals surface area contributed by atoms with Crippen LogP contribution in [0.4, 0.5) is 11.4 Å². The quantitative estimate of drug-likeness (QED) is 0.883. The lowest BCUT2D eigenvalue weighted by molar-refractivity contribution is -0.122. The van der Waals surface area contributed by atoms with Crippen molar-refractivity contribution in [1.29, 1.82) is 0 Å². The molecule has 0 atom stereocenters. The van der Waals surface area contributed by atoms with Gasteiger partial charge in [0, 0.05) is 29.8 Å². The molecule has 0 spiro atoms. The van der Waals surface area contributed by atoms with E-state index in [0.717, 1.165) is 50.0 Å². The van der Waals surface area contributed by atoms with Crippen LogP contribution in [0.2, 0.25) is 0 Å². The van der Waals surface area contributed by atoms with Crippen molar-refractivity contribution < 1.29 is 9.59 Å². The largest absolute Gasteiger partial charge is 0.326 e. The highest BCUT2D eigenvalue weighted by molar-refractivity contribution is 5.98. The first-order valence-electron chi connectivity index (χ1n) is 9.39. The minimum Gasteiger partial charge on any atom is -0.326 e. The van der Waals surface area contributed by atoms with E-state index in [-0.39, 0.29) is 17.7 Å². The van der Waals surface area contributed by atoms with Crippen molar-refractivity contribution in [3.63, 3.8) is 0 Å². The molecular weight excluding hydrogens is 300 g/mol. The Hall–Kier alpha value is -1.84. The number of carbonyl (C=O) groups excluding carboxylic acids is 2. The van der Waals surface area contributed by atoms with E-state index in [9.17, 15) is 9.59 Å². The molecular formula is C20H28N2O2. The molecule has 0 bridgehead atoms. The average Bonchev–Trinajstić information content (AvgIpc) is 3.25. The first kappa shape index (κ1) is 17.0. The van der Waals surface area contributed by atoms with Gasteiger partial charge in [0.15, 0.2) is 0 Å². The summed E-state index contributed by atoms with van der Waals surface area (Å²) in [7, 11) is 0. The van der Waals surface area contributed by atoms with Gasteiger partial charge in [-0.25, -0.2) is 0 Å². The zero-order chi connectivity index (χ0) is 17.1. The Kier molecular flexibility index (Phi) is 5.22. The summed E-state index contributed by atoms with van der Waals surface area (Å²) in [6, 6.07) is 5.97. The smallest absolute Gasteiger partial charge is 0.230 e. The number of nitrogens with zero attached hydrogens (tertiary/aromatic N) is 1. The first-order valence-corrected chi connectivity index (χ1v) is 9.39. The normalized spacial score (nSPS) is 17.4. The van der Waals surface area contributed by atoms with Gasteiger partial charge in [-0.15, -0.1) is 0 Å². The first-order chi connectivity index (χ1) is 11.6.